The van der Waals surface area contributed by atoms with Crippen LogP contribution >= 0.6 is 11.3 Å². The highest BCUT2D eigenvalue weighted by Crippen LogP contribution is 2.42. The first-order chi connectivity index (χ1) is 20.1. The summed E-state index contributed by atoms with van der Waals surface area (Å²) in [6.45, 7) is 13.2. The molecule has 4 aromatic rings. The van der Waals surface area contributed by atoms with Crippen molar-refractivity contribution < 1.29 is 22.3 Å². The summed E-state index contributed by atoms with van der Waals surface area (Å²) in [6, 6.07) is 13.0. The van der Waals surface area contributed by atoms with E-state index in [1.807, 2.05) is 41.5 Å². The second-order valence-electron chi connectivity index (χ2n) is 12.0. The topological polar surface area (TPSA) is 123 Å². The number of esters is 1. The number of thiazole rings is 1. The third kappa shape index (κ3) is 8.14. The van der Waals surface area contributed by atoms with E-state index in [1.165, 1.54) is 17.4 Å². The van der Waals surface area contributed by atoms with Crippen molar-refractivity contribution in [3.05, 3.63) is 71.1 Å². The lowest BCUT2D eigenvalue weighted by atomic mass is 9.98. The van der Waals surface area contributed by atoms with Gasteiger partial charge >= 0.3 is 5.97 Å². The summed E-state index contributed by atoms with van der Waals surface area (Å²) in [5, 5.41) is 3.91. The molecule has 0 bridgehead atoms. The second-order valence-corrected chi connectivity index (χ2v) is 14.8. The van der Waals surface area contributed by atoms with E-state index in [-0.39, 0.29) is 22.4 Å². The number of anilines is 3. The fraction of sp³-hybridized carbons (Fsp3) is 0.355. The van der Waals surface area contributed by atoms with E-state index in [2.05, 4.69) is 20.0 Å². The van der Waals surface area contributed by atoms with Gasteiger partial charge in [0.2, 0.25) is 16.0 Å². The minimum atomic E-state index is -3.70. The Morgan fingerprint density at radius 3 is 2.33 bits per heavy atom. The Balaban J connectivity index is 1.69. The Bertz CT molecular complexity index is 1720. The van der Waals surface area contributed by atoms with Crippen LogP contribution < -0.4 is 10.0 Å². The number of rotatable bonds is 9. The summed E-state index contributed by atoms with van der Waals surface area (Å²) in [5.74, 6) is -0.959. The first-order valence-corrected chi connectivity index (χ1v) is 16.3. The van der Waals surface area contributed by atoms with Gasteiger partial charge in [-0.25, -0.2) is 32.6 Å². The predicted octanol–water partition coefficient (Wildman–Crippen LogP) is 7.55. The molecular formula is C31H36FN5O4S2. The first-order valence-electron chi connectivity index (χ1n) is 13.8. The smallest absolute Gasteiger partial charge is 0.338 e. The standard InChI is InChI=1S/C31H36FN5O4S2/c1-8-18-43(39,40)37-22-11-9-10-21(24(22)32)25-26(42-28(36-25)30(2,3)4)23-16-17-33-29(35-23)34-20-14-12-19(13-15-20)27(38)41-31(5,6)7/h9-17,37H,8,18H2,1-7H3,(H,33,34,35). The maximum Gasteiger partial charge on any atom is 0.338 e. The average molecular weight is 626 g/mol. The van der Waals surface area contributed by atoms with Gasteiger partial charge in [-0.1, -0.05) is 33.8 Å². The lowest BCUT2D eigenvalue weighted by Gasteiger charge is -2.19. The van der Waals surface area contributed by atoms with Crippen LogP contribution in [0.15, 0.2) is 54.7 Å². The first kappa shape index (κ1) is 32.0. The third-order valence-corrected chi connectivity index (χ3v) is 8.90. The van der Waals surface area contributed by atoms with Crippen LogP contribution in [0.2, 0.25) is 0 Å². The number of benzene rings is 2. The molecule has 0 atom stereocenters. The summed E-state index contributed by atoms with van der Waals surface area (Å²) in [4.78, 5) is 26.8. The molecule has 0 spiro atoms. The molecule has 0 amide bonds. The molecule has 0 saturated carbocycles. The highest BCUT2D eigenvalue weighted by atomic mass is 32.2. The molecule has 0 radical (unpaired) electrons. The summed E-state index contributed by atoms with van der Waals surface area (Å²) in [7, 11) is -3.70. The van der Waals surface area contributed by atoms with Crippen LogP contribution in [-0.2, 0) is 20.2 Å². The van der Waals surface area contributed by atoms with Crippen LogP contribution in [0.25, 0.3) is 21.8 Å². The number of carbonyl (C=O) groups is 1. The van der Waals surface area contributed by atoms with Crippen molar-refractivity contribution in [1.82, 2.24) is 15.0 Å². The van der Waals surface area contributed by atoms with Gasteiger partial charge in [0, 0.05) is 22.9 Å². The highest BCUT2D eigenvalue weighted by Gasteiger charge is 2.26. The SMILES string of the molecule is CCCS(=O)(=O)Nc1cccc(-c2nc(C(C)(C)C)sc2-c2ccnc(Nc3ccc(C(=O)OC(C)(C)C)cc3)n2)c1F. The monoisotopic (exact) mass is 625 g/mol. The van der Waals surface area contributed by atoms with Gasteiger partial charge in [-0.15, -0.1) is 11.3 Å². The molecule has 2 aromatic heterocycles. The van der Waals surface area contributed by atoms with Crippen molar-refractivity contribution in [3.63, 3.8) is 0 Å². The van der Waals surface area contributed by atoms with Crippen molar-refractivity contribution in [1.29, 1.82) is 0 Å². The molecule has 2 heterocycles. The predicted molar refractivity (Wildman–Crippen MR) is 170 cm³/mol. The molecule has 43 heavy (non-hydrogen) atoms. The molecule has 2 aromatic carbocycles. The number of halogens is 1. The Hall–Kier alpha value is -3.90. The van der Waals surface area contributed by atoms with E-state index in [1.54, 1.807) is 55.6 Å². The van der Waals surface area contributed by atoms with E-state index in [4.69, 9.17) is 9.72 Å². The Morgan fingerprint density at radius 1 is 1.00 bits per heavy atom. The molecule has 228 valence electrons. The number of carbonyl (C=O) groups excluding carboxylic acids is 1. The normalized spacial score (nSPS) is 12.2. The van der Waals surface area contributed by atoms with Crippen LogP contribution in [0.1, 0.15) is 70.3 Å². The van der Waals surface area contributed by atoms with Gasteiger partial charge in [0.1, 0.15) is 5.60 Å². The zero-order valence-corrected chi connectivity index (χ0v) is 26.9. The number of nitrogens with zero attached hydrogens (tertiary/aromatic N) is 3. The lowest BCUT2D eigenvalue weighted by molar-refractivity contribution is 0.00695. The summed E-state index contributed by atoms with van der Waals surface area (Å²) < 4.78 is 48.4. The zero-order chi connectivity index (χ0) is 31.6. The van der Waals surface area contributed by atoms with Gasteiger partial charge in [-0.3, -0.25) is 4.72 Å². The number of aromatic nitrogens is 3. The minimum Gasteiger partial charge on any atom is -0.456 e. The summed E-state index contributed by atoms with van der Waals surface area (Å²) in [5.41, 5.74) is 1.03. The number of ether oxygens (including phenoxy) is 1. The van der Waals surface area contributed by atoms with Crippen molar-refractivity contribution >= 4 is 44.7 Å². The molecule has 0 aliphatic carbocycles. The molecule has 0 saturated heterocycles. The van der Waals surface area contributed by atoms with Gasteiger partial charge < -0.3 is 10.1 Å². The van der Waals surface area contributed by atoms with E-state index in [0.29, 0.717) is 39.9 Å². The summed E-state index contributed by atoms with van der Waals surface area (Å²) in [6.07, 6.45) is 1.99. The molecule has 9 nitrogen and oxygen atoms in total. The van der Waals surface area contributed by atoms with Crippen LogP contribution in [0.3, 0.4) is 0 Å². The number of sulfonamides is 1. The maximum absolute atomic E-state index is 15.8. The number of hydrogen-bond acceptors (Lipinski definition) is 9. The van der Waals surface area contributed by atoms with Gasteiger partial charge in [-0.05, 0) is 69.7 Å². The molecule has 0 fully saturated rings. The number of hydrogen-bond donors (Lipinski definition) is 2. The minimum absolute atomic E-state index is 0.118. The number of nitrogens with one attached hydrogen (secondary N) is 2. The van der Waals surface area contributed by atoms with Gasteiger partial charge in [0.15, 0.2) is 5.82 Å². The molecule has 2 N–H and O–H groups in total. The Morgan fingerprint density at radius 2 is 1.70 bits per heavy atom. The lowest BCUT2D eigenvalue weighted by Crippen LogP contribution is -2.23. The van der Waals surface area contributed by atoms with E-state index in [9.17, 15) is 13.2 Å². The third-order valence-electron chi connectivity index (χ3n) is 5.92. The Labute approximate surface area is 256 Å². The van der Waals surface area contributed by atoms with E-state index >= 15 is 4.39 Å². The maximum atomic E-state index is 15.8. The quantitative estimate of drug-likeness (QED) is 0.183. The van der Waals surface area contributed by atoms with E-state index in [0.717, 1.165) is 5.01 Å². The van der Waals surface area contributed by atoms with Crippen molar-refractivity contribution in [2.45, 2.75) is 65.9 Å². The fourth-order valence-electron chi connectivity index (χ4n) is 3.98. The van der Waals surface area contributed by atoms with Crippen molar-refractivity contribution in [2.75, 3.05) is 15.8 Å². The Kier molecular flexibility index (Phi) is 9.22. The van der Waals surface area contributed by atoms with Gasteiger partial charge in [-0.2, -0.15) is 0 Å². The fourth-order valence-corrected chi connectivity index (χ4v) is 6.22. The molecule has 4 rings (SSSR count). The van der Waals surface area contributed by atoms with Crippen molar-refractivity contribution in [3.8, 4) is 21.8 Å². The highest BCUT2D eigenvalue weighted by molar-refractivity contribution is 7.92. The van der Waals surface area contributed by atoms with Gasteiger partial charge in [0.05, 0.1) is 38.3 Å². The van der Waals surface area contributed by atoms with Crippen LogP contribution in [-0.4, -0.2) is 40.7 Å². The molecule has 0 unspecified atom stereocenters. The van der Waals surface area contributed by atoms with Crippen molar-refractivity contribution in [2.24, 2.45) is 0 Å². The average Bonchev–Trinajstić information content (AvgIpc) is 3.35. The van der Waals surface area contributed by atoms with Crippen LogP contribution in [0.4, 0.5) is 21.7 Å². The van der Waals surface area contributed by atoms with E-state index < -0.39 is 27.4 Å². The summed E-state index contributed by atoms with van der Waals surface area (Å²) >= 11 is 1.39. The zero-order valence-electron chi connectivity index (χ0n) is 25.3. The van der Waals surface area contributed by atoms with Crippen LogP contribution in [0, 0.1) is 5.82 Å². The molecule has 12 heteroatoms. The second kappa shape index (κ2) is 12.4. The van der Waals surface area contributed by atoms with Gasteiger partial charge in [0.25, 0.3) is 0 Å². The largest absolute Gasteiger partial charge is 0.456 e. The molecular weight excluding hydrogens is 590 g/mol. The molecule has 0 aliphatic heterocycles. The van der Waals surface area contributed by atoms with Crippen LogP contribution in [0.5, 0.6) is 0 Å². The molecule has 0 aliphatic rings.